The second-order valence-corrected chi connectivity index (χ2v) is 4.20. The molecule has 6 nitrogen and oxygen atoms in total. The fraction of sp³-hybridized carbons (Fsp3) is 0.714. The van der Waals surface area contributed by atoms with Crippen LogP contribution in [0.4, 0.5) is 0 Å². The zero-order valence-corrected chi connectivity index (χ0v) is 11.7. The van der Waals surface area contributed by atoms with Gasteiger partial charge in [0.1, 0.15) is 19.0 Å². The van der Waals surface area contributed by atoms with Gasteiger partial charge >= 0.3 is 5.97 Å². The Bertz CT molecular complexity index is 366. The maximum atomic E-state index is 11.5. The van der Waals surface area contributed by atoms with E-state index in [1.165, 1.54) is 0 Å². The summed E-state index contributed by atoms with van der Waals surface area (Å²) < 4.78 is 19.2. The maximum Gasteiger partial charge on any atom is 0.348 e. The van der Waals surface area contributed by atoms with Gasteiger partial charge in [-0.2, -0.15) is 0 Å². The van der Waals surface area contributed by atoms with Crippen LogP contribution in [0.5, 0.6) is 0 Å². The van der Waals surface area contributed by atoms with Gasteiger partial charge in [-0.25, -0.2) is 13.9 Å². The fourth-order valence-corrected chi connectivity index (χ4v) is 1.47. The zero-order chi connectivity index (χ0) is 13.9. The number of carbonyl (C=O) groups excluding carboxylic acids is 1. The van der Waals surface area contributed by atoms with Crippen LogP contribution in [0.25, 0.3) is 0 Å². The summed E-state index contributed by atoms with van der Waals surface area (Å²) >= 11 is 0. The smallest absolute Gasteiger partial charge is 0.348 e. The van der Waals surface area contributed by atoms with E-state index in [-0.39, 0.29) is 26.5 Å². The van der Waals surface area contributed by atoms with E-state index in [0.29, 0.717) is 19.8 Å². The van der Waals surface area contributed by atoms with Crippen LogP contribution < -0.4 is 4.57 Å². The largest absolute Gasteiger partial charge is 0.460 e. The molecule has 0 saturated carbocycles. The molecule has 20 heavy (non-hydrogen) atoms. The number of esters is 1. The first-order chi connectivity index (χ1) is 9.22. The van der Waals surface area contributed by atoms with Gasteiger partial charge in [0, 0.05) is 6.61 Å². The van der Waals surface area contributed by atoms with Crippen molar-refractivity contribution in [3.63, 3.8) is 0 Å². The third kappa shape index (κ3) is 8.66. The van der Waals surface area contributed by atoms with Crippen LogP contribution in [0, 0.1) is 0 Å². The lowest BCUT2D eigenvalue weighted by atomic mass is 10.5. The van der Waals surface area contributed by atoms with Gasteiger partial charge in [-0.1, -0.05) is 14.4 Å². The van der Waals surface area contributed by atoms with Crippen LogP contribution in [-0.4, -0.2) is 43.6 Å². The number of hydrogen-bond acceptors (Lipinski definition) is 4. The number of aromatic nitrogens is 2. The molecular formula is C14H27N2O4+. The summed E-state index contributed by atoms with van der Waals surface area (Å²) in [6.45, 7) is 4.84. The summed E-state index contributed by atoms with van der Waals surface area (Å²) in [5, 5.41) is 0. The molecule has 0 N–H and O–H groups in total. The van der Waals surface area contributed by atoms with Crippen LogP contribution in [0.15, 0.2) is 18.7 Å². The highest BCUT2D eigenvalue weighted by atomic mass is 16.6. The van der Waals surface area contributed by atoms with Gasteiger partial charge in [0.2, 0.25) is 6.33 Å². The van der Waals surface area contributed by atoms with E-state index in [2.05, 4.69) is 6.92 Å². The molecule has 0 unspecified atom stereocenters. The summed E-state index contributed by atoms with van der Waals surface area (Å²) in [5.41, 5.74) is 0. The number of rotatable bonds is 10. The van der Waals surface area contributed by atoms with E-state index in [0.717, 1.165) is 13.0 Å². The Morgan fingerprint density at radius 3 is 2.40 bits per heavy atom. The first-order valence-corrected chi connectivity index (χ1v) is 6.54. The van der Waals surface area contributed by atoms with Crippen LogP contribution in [0.1, 0.15) is 20.8 Å². The molecule has 1 rings (SSSR count). The molecule has 0 aliphatic heterocycles. The molecule has 1 aromatic heterocycles. The fourth-order valence-electron chi connectivity index (χ4n) is 1.47. The third-order valence-corrected chi connectivity index (χ3v) is 2.35. The normalized spacial score (nSPS) is 10.1. The average molecular weight is 287 g/mol. The number of hydrogen-bond donors (Lipinski definition) is 0. The predicted octanol–water partition coefficient (Wildman–Crippen LogP) is 0.935. The molecule has 1 heterocycles. The molecule has 0 aliphatic carbocycles. The lowest BCUT2D eigenvalue weighted by Gasteiger charge is -2.05. The number of aryl methyl sites for hydroxylation is 1. The van der Waals surface area contributed by atoms with Gasteiger partial charge in [0.15, 0.2) is 6.54 Å². The second-order valence-electron chi connectivity index (χ2n) is 4.20. The van der Waals surface area contributed by atoms with Crippen molar-refractivity contribution in [2.24, 2.45) is 7.05 Å². The standard InChI is InChI=1S/C13H23N2O4.CH4/c1-3-6-17-7-8-18-9-10-19-13(16)11-15-5-4-14(2)12-15;/h4-5,12H,3,6-11H2,1-2H3;1H4/q+1;. The van der Waals surface area contributed by atoms with Gasteiger partial charge in [-0.15, -0.1) is 0 Å². The Balaban J connectivity index is 0.00000361. The molecule has 0 spiro atoms. The van der Waals surface area contributed by atoms with Crippen molar-refractivity contribution in [1.29, 1.82) is 0 Å². The lowest BCUT2D eigenvalue weighted by molar-refractivity contribution is -0.671. The monoisotopic (exact) mass is 287 g/mol. The van der Waals surface area contributed by atoms with E-state index in [1.54, 1.807) is 4.57 Å². The molecule has 0 fully saturated rings. The Hall–Kier alpha value is -1.40. The molecule has 0 saturated heterocycles. The molecule has 0 atom stereocenters. The molecule has 116 valence electrons. The predicted molar refractivity (Wildman–Crippen MR) is 75.2 cm³/mol. The molecule has 0 radical (unpaired) electrons. The Morgan fingerprint density at radius 2 is 1.80 bits per heavy atom. The van der Waals surface area contributed by atoms with E-state index in [1.807, 2.05) is 30.3 Å². The van der Waals surface area contributed by atoms with Crippen molar-refractivity contribution in [3.05, 3.63) is 18.7 Å². The molecule has 1 aromatic rings. The van der Waals surface area contributed by atoms with Crippen molar-refractivity contribution in [2.45, 2.75) is 27.3 Å². The van der Waals surface area contributed by atoms with Crippen molar-refractivity contribution in [2.75, 3.05) is 33.0 Å². The van der Waals surface area contributed by atoms with Crippen molar-refractivity contribution >= 4 is 5.97 Å². The first kappa shape index (κ1) is 18.6. The van der Waals surface area contributed by atoms with Crippen LogP contribution >= 0.6 is 0 Å². The summed E-state index contributed by atoms with van der Waals surface area (Å²) in [6.07, 6.45) is 6.52. The van der Waals surface area contributed by atoms with Crippen LogP contribution in [0.2, 0.25) is 0 Å². The quantitative estimate of drug-likeness (QED) is 0.365. The van der Waals surface area contributed by atoms with Gasteiger partial charge in [0.25, 0.3) is 0 Å². The van der Waals surface area contributed by atoms with E-state index in [9.17, 15) is 4.79 Å². The molecule has 0 amide bonds. The second kappa shape index (κ2) is 11.4. The van der Waals surface area contributed by atoms with Gasteiger partial charge < -0.3 is 14.2 Å². The minimum atomic E-state index is -0.262. The Kier molecular flexibility index (Phi) is 10.6. The molecule has 6 heteroatoms. The summed E-state index contributed by atoms with van der Waals surface area (Å²) in [6, 6.07) is 0. The van der Waals surface area contributed by atoms with E-state index >= 15 is 0 Å². The van der Waals surface area contributed by atoms with Crippen molar-refractivity contribution < 1.29 is 23.6 Å². The molecule has 0 aliphatic rings. The van der Waals surface area contributed by atoms with Gasteiger partial charge in [-0.05, 0) is 6.42 Å². The maximum absolute atomic E-state index is 11.5. The highest BCUT2D eigenvalue weighted by Gasteiger charge is 2.08. The Labute approximate surface area is 121 Å². The molecule has 0 aromatic carbocycles. The SMILES string of the molecule is C.CCCOCCOCCOC(=O)Cn1cc[n+](C)c1. The highest BCUT2D eigenvalue weighted by molar-refractivity contribution is 5.69. The van der Waals surface area contributed by atoms with E-state index < -0.39 is 0 Å². The first-order valence-electron chi connectivity index (χ1n) is 6.54. The number of ether oxygens (including phenoxy) is 3. The molecule has 0 bridgehead atoms. The van der Waals surface area contributed by atoms with Crippen molar-refractivity contribution in [3.8, 4) is 0 Å². The number of carbonyl (C=O) groups is 1. The minimum Gasteiger partial charge on any atom is -0.460 e. The van der Waals surface area contributed by atoms with Crippen molar-refractivity contribution in [1.82, 2.24) is 4.57 Å². The Morgan fingerprint density at radius 1 is 1.15 bits per heavy atom. The lowest BCUT2D eigenvalue weighted by Crippen LogP contribution is -2.24. The molecular weight excluding hydrogens is 260 g/mol. The summed E-state index contributed by atoms with van der Waals surface area (Å²) in [7, 11) is 1.90. The minimum absolute atomic E-state index is 0. The van der Waals surface area contributed by atoms with Gasteiger partial charge in [-0.3, -0.25) is 0 Å². The van der Waals surface area contributed by atoms with Gasteiger partial charge in [0.05, 0.1) is 26.9 Å². The average Bonchev–Trinajstić information content (AvgIpc) is 2.78. The highest BCUT2D eigenvalue weighted by Crippen LogP contribution is 1.89. The van der Waals surface area contributed by atoms with E-state index in [4.69, 9.17) is 14.2 Å². The number of imidazole rings is 1. The number of nitrogens with zero attached hydrogens (tertiary/aromatic N) is 2. The summed E-state index contributed by atoms with van der Waals surface area (Å²) in [4.78, 5) is 11.5. The third-order valence-electron chi connectivity index (χ3n) is 2.35. The topological polar surface area (TPSA) is 53.6 Å². The zero-order valence-electron chi connectivity index (χ0n) is 11.7. The van der Waals surface area contributed by atoms with Crippen LogP contribution in [0.3, 0.4) is 0 Å². The van der Waals surface area contributed by atoms with Crippen LogP contribution in [-0.2, 0) is 32.6 Å². The summed E-state index contributed by atoms with van der Waals surface area (Å²) in [5.74, 6) is -0.262.